The highest BCUT2D eigenvalue weighted by molar-refractivity contribution is 8.14. The van der Waals surface area contributed by atoms with Crippen LogP contribution in [0.4, 0.5) is 0 Å². The van der Waals surface area contributed by atoms with Crippen molar-refractivity contribution in [2.75, 3.05) is 13.2 Å². The third-order valence-electron chi connectivity index (χ3n) is 2.97. The molecule has 5 atom stereocenters. The fourth-order valence-electron chi connectivity index (χ4n) is 2.04. The van der Waals surface area contributed by atoms with Gasteiger partial charge < -0.3 is 25.4 Å². The van der Waals surface area contributed by atoms with Crippen LogP contribution in [0.5, 0.6) is 0 Å². The Bertz CT molecular complexity index is 339. The summed E-state index contributed by atoms with van der Waals surface area (Å²) in [6.07, 6.45) is -0.506. The number of nitrogens with zero attached hydrogens (tertiary/aromatic N) is 1. The zero-order valence-corrected chi connectivity index (χ0v) is 10.7. The maximum Gasteiger partial charge on any atom is 0.159 e. The van der Waals surface area contributed by atoms with Crippen LogP contribution in [0.3, 0.4) is 0 Å². The summed E-state index contributed by atoms with van der Waals surface area (Å²) in [6, 6.07) is -0.466. The quantitative estimate of drug-likeness (QED) is 0.495. The molecular weight excluding hydrogens is 256 g/mol. The van der Waals surface area contributed by atoms with Gasteiger partial charge in [-0.3, -0.25) is 4.99 Å². The van der Waals surface area contributed by atoms with Gasteiger partial charge in [-0.15, -0.1) is 6.58 Å². The van der Waals surface area contributed by atoms with E-state index in [0.717, 1.165) is 0 Å². The molecule has 0 aromatic rings. The second-order valence-electron chi connectivity index (χ2n) is 4.25. The van der Waals surface area contributed by atoms with E-state index >= 15 is 0 Å². The van der Waals surface area contributed by atoms with Gasteiger partial charge >= 0.3 is 0 Å². The van der Waals surface area contributed by atoms with Crippen molar-refractivity contribution in [2.24, 2.45) is 4.99 Å². The highest BCUT2D eigenvalue weighted by atomic mass is 32.2. The Kier molecular flexibility index (Phi) is 4.63. The lowest BCUT2D eigenvalue weighted by molar-refractivity contribution is -0.156. The first-order valence-corrected chi connectivity index (χ1v) is 6.77. The zero-order valence-electron chi connectivity index (χ0n) is 9.90. The van der Waals surface area contributed by atoms with Crippen molar-refractivity contribution < 1.29 is 20.1 Å². The molecule has 0 aliphatic carbocycles. The summed E-state index contributed by atoms with van der Waals surface area (Å²) in [7, 11) is 0. The van der Waals surface area contributed by atoms with Gasteiger partial charge in [-0.1, -0.05) is 17.8 Å². The Balaban J connectivity index is 2.01. The predicted molar refractivity (Wildman–Crippen MR) is 69.4 cm³/mol. The summed E-state index contributed by atoms with van der Waals surface area (Å²) in [4.78, 5) is 4.30. The van der Waals surface area contributed by atoms with Gasteiger partial charge in [0.1, 0.15) is 23.7 Å². The molecule has 2 rings (SSSR count). The van der Waals surface area contributed by atoms with Gasteiger partial charge in [0, 0.05) is 13.2 Å². The zero-order chi connectivity index (χ0) is 13.1. The molecule has 1 saturated heterocycles. The first-order valence-electron chi connectivity index (χ1n) is 5.89. The third-order valence-corrected chi connectivity index (χ3v) is 4.07. The Hall–Kier alpha value is -0.600. The minimum atomic E-state index is -1.01. The smallest absolute Gasteiger partial charge is 0.159 e. The maximum absolute atomic E-state index is 10.0. The number of aliphatic hydroxyl groups is 3. The Morgan fingerprint density at radius 1 is 1.44 bits per heavy atom. The average molecular weight is 274 g/mol. The molecule has 0 saturated carbocycles. The van der Waals surface area contributed by atoms with Gasteiger partial charge in [0.15, 0.2) is 5.17 Å². The number of ether oxygens (including phenoxy) is 1. The van der Waals surface area contributed by atoms with Gasteiger partial charge in [0.25, 0.3) is 0 Å². The Morgan fingerprint density at radius 3 is 2.89 bits per heavy atom. The van der Waals surface area contributed by atoms with E-state index in [9.17, 15) is 10.2 Å². The van der Waals surface area contributed by atoms with Crippen LogP contribution >= 0.6 is 11.8 Å². The molecule has 0 radical (unpaired) electrons. The monoisotopic (exact) mass is 274 g/mol. The van der Waals surface area contributed by atoms with E-state index in [0.29, 0.717) is 18.1 Å². The van der Waals surface area contributed by atoms with Crippen LogP contribution in [0.1, 0.15) is 6.42 Å². The van der Waals surface area contributed by atoms with E-state index < -0.39 is 24.4 Å². The van der Waals surface area contributed by atoms with Crippen molar-refractivity contribution in [2.45, 2.75) is 36.2 Å². The summed E-state index contributed by atoms with van der Waals surface area (Å²) < 4.78 is 5.66. The molecule has 0 aromatic carbocycles. The summed E-state index contributed by atoms with van der Waals surface area (Å²) in [5.74, 6) is 0. The Morgan fingerprint density at radius 2 is 2.22 bits per heavy atom. The maximum atomic E-state index is 10.0. The predicted octanol–water partition coefficient (Wildman–Crippen LogP) is -0.938. The van der Waals surface area contributed by atoms with Gasteiger partial charge in [0.2, 0.25) is 0 Å². The number of aliphatic imine (C=N–C) groups is 1. The largest absolute Gasteiger partial charge is 0.396 e. The summed E-state index contributed by atoms with van der Waals surface area (Å²) in [5, 5.41) is 32.5. The second-order valence-corrected chi connectivity index (χ2v) is 5.34. The van der Waals surface area contributed by atoms with Crippen molar-refractivity contribution in [3.05, 3.63) is 12.7 Å². The van der Waals surface area contributed by atoms with Crippen LogP contribution < -0.4 is 5.32 Å². The molecule has 0 aromatic heterocycles. The first-order chi connectivity index (χ1) is 8.67. The topological polar surface area (TPSA) is 94.3 Å². The molecule has 0 amide bonds. The fraction of sp³-hybridized carbons (Fsp3) is 0.727. The second kappa shape index (κ2) is 6.03. The molecular formula is C11H18N2O4S. The fourth-order valence-corrected chi connectivity index (χ4v) is 3.17. The minimum absolute atomic E-state index is 0.0844. The molecule has 2 heterocycles. The van der Waals surface area contributed by atoms with E-state index in [-0.39, 0.29) is 12.0 Å². The molecule has 2 aliphatic heterocycles. The van der Waals surface area contributed by atoms with Crippen LogP contribution in [0.25, 0.3) is 0 Å². The molecule has 2 aliphatic rings. The SMILES string of the molecule is C=CCNC1=NC2C(OC(CCO)C(O)C2O)S1. The number of thioether (sulfide) groups is 1. The van der Waals surface area contributed by atoms with Crippen molar-refractivity contribution >= 4 is 16.9 Å². The molecule has 18 heavy (non-hydrogen) atoms. The molecule has 0 spiro atoms. The van der Waals surface area contributed by atoms with E-state index in [2.05, 4.69) is 16.9 Å². The number of hydrogen-bond donors (Lipinski definition) is 4. The summed E-state index contributed by atoms with van der Waals surface area (Å²) >= 11 is 1.39. The van der Waals surface area contributed by atoms with Gasteiger partial charge in [0.05, 0.1) is 6.10 Å². The number of hydrogen-bond acceptors (Lipinski definition) is 7. The normalized spacial score (nSPS) is 39.1. The number of rotatable bonds is 4. The van der Waals surface area contributed by atoms with Crippen LogP contribution in [0.15, 0.2) is 17.6 Å². The lowest BCUT2D eigenvalue weighted by Crippen LogP contribution is -2.54. The van der Waals surface area contributed by atoms with Crippen LogP contribution in [-0.2, 0) is 4.74 Å². The molecule has 5 unspecified atom stereocenters. The molecule has 6 nitrogen and oxygen atoms in total. The number of fused-ring (bicyclic) bond motifs is 1. The van der Waals surface area contributed by atoms with Crippen molar-refractivity contribution in [3.63, 3.8) is 0 Å². The highest BCUT2D eigenvalue weighted by Gasteiger charge is 2.47. The van der Waals surface area contributed by atoms with E-state index in [1.165, 1.54) is 11.8 Å². The van der Waals surface area contributed by atoms with E-state index in [1.807, 2.05) is 0 Å². The molecule has 4 N–H and O–H groups in total. The lowest BCUT2D eigenvalue weighted by Gasteiger charge is -2.38. The van der Waals surface area contributed by atoms with Crippen molar-refractivity contribution in [1.82, 2.24) is 5.32 Å². The molecule has 0 bridgehead atoms. The highest BCUT2D eigenvalue weighted by Crippen LogP contribution is 2.36. The molecule has 7 heteroatoms. The standard InChI is InChI=1S/C11H18N2O4S/c1-2-4-12-11-13-7-9(16)8(15)6(3-5-14)17-10(7)18-11/h2,6-10,14-16H,1,3-5H2,(H,12,13). The first kappa shape index (κ1) is 13.8. The number of nitrogens with one attached hydrogen (secondary N) is 1. The van der Waals surface area contributed by atoms with E-state index in [4.69, 9.17) is 9.84 Å². The van der Waals surface area contributed by atoms with Gasteiger partial charge in [-0.2, -0.15) is 0 Å². The minimum Gasteiger partial charge on any atom is -0.396 e. The third kappa shape index (κ3) is 2.70. The van der Waals surface area contributed by atoms with Gasteiger partial charge in [-0.05, 0) is 6.42 Å². The van der Waals surface area contributed by atoms with E-state index in [1.54, 1.807) is 6.08 Å². The van der Waals surface area contributed by atoms with Crippen LogP contribution in [0.2, 0.25) is 0 Å². The summed E-state index contributed by atoms with van der Waals surface area (Å²) in [5.41, 5.74) is -0.313. The van der Waals surface area contributed by atoms with Crippen molar-refractivity contribution in [3.8, 4) is 0 Å². The van der Waals surface area contributed by atoms with Crippen LogP contribution in [0, 0.1) is 0 Å². The number of aliphatic hydroxyl groups excluding tert-OH is 3. The molecule has 102 valence electrons. The number of amidine groups is 1. The lowest BCUT2D eigenvalue weighted by atomic mass is 9.96. The molecule has 1 fully saturated rings. The summed E-state index contributed by atoms with van der Waals surface area (Å²) in [6.45, 7) is 4.10. The average Bonchev–Trinajstić information content (AvgIpc) is 2.76. The van der Waals surface area contributed by atoms with Crippen molar-refractivity contribution in [1.29, 1.82) is 0 Å². The van der Waals surface area contributed by atoms with Gasteiger partial charge in [-0.25, -0.2) is 0 Å². The van der Waals surface area contributed by atoms with Crippen LogP contribution in [-0.4, -0.2) is 63.4 Å². The Labute approximate surface area is 110 Å².